The standard InChI is InChI=1S/C12H14ClN3O4/c13-10-5-9(16(19)20)2-1-8(10)7-15-4-3-14-6-11(15)12(17)18/h1-2,5,11,14H,3-4,6-7H2,(H,17,18). The van der Waals surface area contributed by atoms with Crippen molar-refractivity contribution < 1.29 is 14.8 Å². The second-order valence-corrected chi connectivity index (χ2v) is 4.97. The summed E-state index contributed by atoms with van der Waals surface area (Å²) in [6.07, 6.45) is 0. The van der Waals surface area contributed by atoms with E-state index < -0.39 is 16.9 Å². The van der Waals surface area contributed by atoms with Gasteiger partial charge in [0.1, 0.15) is 6.04 Å². The first-order chi connectivity index (χ1) is 9.49. The van der Waals surface area contributed by atoms with E-state index in [0.717, 1.165) is 0 Å². The van der Waals surface area contributed by atoms with Crippen molar-refractivity contribution in [2.24, 2.45) is 0 Å². The van der Waals surface area contributed by atoms with Crippen LogP contribution in [-0.2, 0) is 11.3 Å². The molecule has 1 aliphatic heterocycles. The molecule has 8 heteroatoms. The van der Waals surface area contributed by atoms with Gasteiger partial charge in [-0.3, -0.25) is 19.8 Å². The van der Waals surface area contributed by atoms with Crippen LogP contribution in [0.2, 0.25) is 5.02 Å². The first-order valence-corrected chi connectivity index (χ1v) is 6.47. The van der Waals surface area contributed by atoms with E-state index in [9.17, 15) is 14.9 Å². The predicted octanol–water partition coefficient (Wildman–Crippen LogP) is 1.11. The highest BCUT2D eigenvalue weighted by atomic mass is 35.5. The van der Waals surface area contributed by atoms with Gasteiger partial charge < -0.3 is 10.4 Å². The van der Waals surface area contributed by atoms with E-state index in [0.29, 0.717) is 31.7 Å². The van der Waals surface area contributed by atoms with Gasteiger partial charge in [-0.1, -0.05) is 11.6 Å². The van der Waals surface area contributed by atoms with Crippen LogP contribution in [0.4, 0.5) is 5.69 Å². The molecule has 7 nitrogen and oxygen atoms in total. The minimum Gasteiger partial charge on any atom is -0.480 e. The number of hydrogen-bond donors (Lipinski definition) is 2. The van der Waals surface area contributed by atoms with Crippen LogP contribution in [0, 0.1) is 10.1 Å². The first kappa shape index (κ1) is 14.7. The van der Waals surface area contributed by atoms with E-state index in [1.807, 2.05) is 0 Å². The van der Waals surface area contributed by atoms with Gasteiger partial charge >= 0.3 is 5.97 Å². The molecule has 2 N–H and O–H groups in total. The second-order valence-electron chi connectivity index (χ2n) is 4.56. The van der Waals surface area contributed by atoms with E-state index in [2.05, 4.69) is 5.32 Å². The lowest BCUT2D eigenvalue weighted by Gasteiger charge is -2.33. The zero-order valence-electron chi connectivity index (χ0n) is 10.6. The molecule has 1 aromatic rings. The lowest BCUT2D eigenvalue weighted by atomic mass is 10.1. The molecular weight excluding hydrogens is 286 g/mol. The highest BCUT2D eigenvalue weighted by Crippen LogP contribution is 2.24. The van der Waals surface area contributed by atoms with Gasteiger partial charge in [-0.15, -0.1) is 0 Å². The van der Waals surface area contributed by atoms with Crippen LogP contribution in [0.15, 0.2) is 18.2 Å². The van der Waals surface area contributed by atoms with Gasteiger partial charge in [0.05, 0.1) is 9.95 Å². The average molecular weight is 300 g/mol. The summed E-state index contributed by atoms with van der Waals surface area (Å²) in [5, 5.41) is 23.1. The normalized spacial score (nSPS) is 19.8. The summed E-state index contributed by atoms with van der Waals surface area (Å²) >= 11 is 6.03. The minimum absolute atomic E-state index is 0.0751. The van der Waals surface area contributed by atoms with Crippen molar-refractivity contribution in [2.75, 3.05) is 19.6 Å². The molecule has 0 bridgehead atoms. The fourth-order valence-electron chi connectivity index (χ4n) is 2.18. The Morgan fingerprint density at radius 2 is 2.35 bits per heavy atom. The Labute approximate surface area is 120 Å². The van der Waals surface area contributed by atoms with Crippen molar-refractivity contribution in [3.05, 3.63) is 38.9 Å². The maximum absolute atomic E-state index is 11.2. The smallest absolute Gasteiger partial charge is 0.322 e. The van der Waals surface area contributed by atoms with E-state index in [1.165, 1.54) is 12.1 Å². The number of rotatable bonds is 4. The molecule has 1 aromatic carbocycles. The van der Waals surface area contributed by atoms with Gasteiger partial charge in [-0.25, -0.2) is 0 Å². The summed E-state index contributed by atoms with van der Waals surface area (Å²) in [4.78, 5) is 23.1. The molecule has 1 fully saturated rings. The summed E-state index contributed by atoms with van der Waals surface area (Å²) < 4.78 is 0. The quantitative estimate of drug-likeness (QED) is 0.638. The molecule has 0 spiro atoms. The van der Waals surface area contributed by atoms with Crippen molar-refractivity contribution in [1.82, 2.24) is 10.2 Å². The summed E-state index contributed by atoms with van der Waals surface area (Å²) in [5.74, 6) is -0.893. The minimum atomic E-state index is -0.893. The Hall–Kier alpha value is -1.70. The molecule has 0 radical (unpaired) electrons. The number of nitro groups is 1. The Balaban J connectivity index is 2.16. The van der Waals surface area contributed by atoms with Gasteiger partial charge in [-0.2, -0.15) is 0 Å². The van der Waals surface area contributed by atoms with Gasteiger partial charge in [0.15, 0.2) is 0 Å². The van der Waals surface area contributed by atoms with E-state index in [1.54, 1.807) is 11.0 Å². The lowest BCUT2D eigenvalue weighted by molar-refractivity contribution is -0.384. The number of carbonyl (C=O) groups is 1. The highest BCUT2D eigenvalue weighted by Gasteiger charge is 2.28. The Bertz CT molecular complexity index is 537. The predicted molar refractivity (Wildman–Crippen MR) is 72.8 cm³/mol. The summed E-state index contributed by atoms with van der Waals surface area (Å²) in [5.41, 5.74) is 0.610. The number of nitrogens with one attached hydrogen (secondary N) is 1. The molecule has 108 valence electrons. The van der Waals surface area contributed by atoms with Crippen LogP contribution < -0.4 is 5.32 Å². The number of carboxylic acids is 1. The van der Waals surface area contributed by atoms with E-state index >= 15 is 0 Å². The Kier molecular flexibility index (Phi) is 4.53. The van der Waals surface area contributed by atoms with Gasteiger partial charge in [0, 0.05) is 38.3 Å². The summed E-state index contributed by atoms with van der Waals surface area (Å²) in [6, 6.07) is 3.62. The van der Waals surface area contributed by atoms with Crippen molar-refractivity contribution in [3.63, 3.8) is 0 Å². The zero-order chi connectivity index (χ0) is 14.7. The van der Waals surface area contributed by atoms with Crippen molar-refractivity contribution in [1.29, 1.82) is 0 Å². The van der Waals surface area contributed by atoms with Crippen LogP contribution in [0.1, 0.15) is 5.56 Å². The molecule has 2 rings (SSSR count). The molecule has 1 aliphatic rings. The lowest BCUT2D eigenvalue weighted by Crippen LogP contribution is -2.54. The van der Waals surface area contributed by atoms with Crippen LogP contribution in [0.5, 0.6) is 0 Å². The topological polar surface area (TPSA) is 95.7 Å². The van der Waals surface area contributed by atoms with Gasteiger partial charge in [0.2, 0.25) is 0 Å². The Morgan fingerprint density at radius 1 is 1.60 bits per heavy atom. The summed E-state index contributed by atoms with van der Waals surface area (Å²) in [6.45, 7) is 2.02. The number of nitro benzene ring substituents is 1. The molecular formula is C12H14ClN3O4. The zero-order valence-corrected chi connectivity index (χ0v) is 11.3. The maximum atomic E-state index is 11.2. The molecule has 1 unspecified atom stereocenters. The molecule has 0 saturated carbocycles. The van der Waals surface area contributed by atoms with Crippen LogP contribution >= 0.6 is 11.6 Å². The summed E-state index contributed by atoms with van der Waals surface area (Å²) in [7, 11) is 0. The molecule has 1 atom stereocenters. The number of non-ortho nitro benzene ring substituents is 1. The van der Waals surface area contributed by atoms with Crippen molar-refractivity contribution in [2.45, 2.75) is 12.6 Å². The van der Waals surface area contributed by atoms with Crippen molar-refractivity contribution >= 4 is 23.3 Å². The Morgan fingerprint density at radius 3 is 2.95 bits per heavy atom. The number of nitrogens with zero attached hydrogens (tertiary/aromatic N) is 2. The third-order valence-corrected chi connectivity index (χ3v) is 3.61. The number of hydrogen-bond acceptors (Lipinski definition) is 5. The third kappa shape index (κ3) is 3.24. The fraction of sp³-hybridized carbons (Fsp3) is 0.417. The highest BCUT2D eigenvalue weighted by molar-refractivity contribution is 6.31. The maximum Gasteiger partial charge on any atom is 0.322 e. The molecule has 0 aromatic heterocycles. The van der Waals surface area contributed by atoms with E-state index in [-0.39, 0.29) is 10.7 Å². The SMILES string of the molecule is O=C(O)C1CNCCN1Cc1ccc([N+](=O)[O-])cc1Cl. The molecule has 0 aliphatic carbocycles. The first-order valence-electron chi connectivity index (χ1n) is 6.09. The molecule has 1 saturated heterocycles. The average Bonchev–Trinajstić information content (AvgIpc) is 2.41. The van der Waals surface area contributed by atoms with Crippen molar-refractivity contribution in [3.8, 4) is 0 Å². The van der Waals surface area contributed by atoms with E-state index in [4.69, 9.17) is 16.7 Å². The number of carboxylic acid groups (broad SMARTS) is 1. The monoisotopic (exact) mass is 299 g/mol. The second kappa shape index (κ2) is 6.17. The van der Waals surface area contributed by atoms with Crippen LogP contribution in [0.3, 0.4) is 0 Å². The van der Waals surface area contributed by atoms with Crippen LogP contribution in [0.25, 0.3) is 0 Å². The van der Waals surface area contributed by atoms with Gasteiger partial charge in [-0.05, 0) is 11.6 Å². The number of aliphatic carboxylic acids is 1. The fourth-order valence-corrected chi connectivity index (χ4v) is 2.41. The van der Waals surface area contributed by atoms with Crippen LogP contribution in [-0.4, -0.2) is 46.6 Å². The largest absolute Gasteiger partial charge is 0.480 e. The number of piperazine rings is 1. The number of benzene rings is 1. The number of halogens is 1. The molecule has 20 heavy (non-hydrogen) atoms. The molecule has 0 amide bonds. The molecule has 1 heterocycles. The van der Waals surface area contributed by atoms with Gasteiger partial charge in [0.25, 0.3) is 5.69 Å². The third-order valence-electron chi connectivity index (χ3n) is 3.26.